The van der Waals surface area contributed by atoms with Gasteiger partial charge in [-0.25, -0.2) is 12.7 Å². The zero-order valence-corrected chi connectivity index (χ0v) is 20.5. The van der Waals surface area contributed by atoms with Gasteiger partial charge in [0.25, 0.3) is 5.91 Å². The highest BCUT2D eigenvalue weighted by Gasteiger charge is 2.25. The molecule has 1 aliphatic heterocycles. The zero-order valence-electron chi connectivity index (χ0n) is 19.6. The van der Waals surface area contributed by atoms with Gasteiger partial charge in [0.15, 0.2) is 0 Å². The van der Waals surface area contributed by atoms with Crippen LogP contribution in [-0.4, -0.2) is 38.8 Å². The molecule has 0 radical (unpaired) electrons. The van der Waals surface area contributed by atoms with Gasteiger partial charge in [0.05, 0.1) is 18.9 Å². The number of hydrogen-bond acceptors (Lipinski definition) is 4. The third kappa shape index (κ3) is 5.51. The number of aryl methyl sites for hydroxylation is 1. The molecule has 3 rings (SSSR count). The summed E-state index contributed by atoms with van der Waals surface area (Å²) in [6.45, 7) is 9.42. The van der Waals surface area contributed by atoms with Crippen molar-refractivity contribution in [3.8, 4) is 5.75 Å². The number of sulfonamides is 1. The van der Waals surface area contributed by atoms with Gasteiger partial charge in [-0.05, 0) is 79.1 Å². The lowest BCUT2D eigenvalue weighted by atomic mass is 9.93. The number of carbonyl (C=O) groups is 1. The van der Waals surface area contributed by atoms with E-state index in [9.17, 15) is 13.2 Å². The van der Waals surface area contributed by atoms with Crippen LogP contribution in [0.1, 0.15) is 78.2 Å². The molecule has 174 valence electrons. The molecule has 0 aliphatic carbocycles. The molecule has 2 aromatic carbocycles. The summed E-state index contributed by atoms with van der Waals surface area (Å²) in [4.78, 5) is 12.8. The molecule has 0 spiro atoms. The molecule has 1 atom stereocenters. The summed E-state index contributed by atoms with van der Waals surface area (Å²) in [5.74, 6) is 0.942. The minimum absolute atomic E-state index is 0.0334. The summed E-state index contributed by atoms with van der Waals surface area (Å²) in [5.41, 5.74) is 4.42. The molecule has 2 aromatic rings. The van der Waals surface area contributed by atoms with Crippen molar-refractivity contribution in [1.82, 2.24) is 9.62 Å². The first-order chi connectivity index (χ1) is 15.1. The van der Waals surface area contributed by atoms with Gasteiger partial charge in [-0.15, -0.1) is 0 Å². The van der Waals surface area contributed by atoms with Crippen molar-refractivity contribution in [2.45, 2.75) is 58.2 Å². The normalized spacial score (nSPS) is 15.7. The van der Waals surface area contributed by atoms with Crippen molar-refractivity contribution in [3.05, 3.63) is 64.2 Å². The Hall–Kier alpha value is -2.38. The molecule has 32 heavy (non-hydrogen) atoms. The van der Waals surface area contributed by atoms with Gasteiger partial charge in [0.1, 0.15) is 5.75 Å². The third-order valence-corrected chi connectivity index (χ3v) is 7.93. The summed E-state index contributed by atoms with van der Waals surface area (Å²) in [7, 11) is -1.63. The second kappa shape index (κ2) is 10.0. The number of benzene rings is 2. The summed E-state index contributed by atoms with van der Waals surface area (Å²) < 4.78 is 32.1. The van der Waals surface area contributed by atoms with E-state index in [4.69, 9.17) is 4.74 Å². The van der Waals surface area contributed by atoms with Gasteiger partial charge in [-0.1, -0.05) is 26.0 Å². The first kappa shape index (κ1) is 24.3. The molecule has 1 N–H and O–H groups in total. The summed E-state index contributed by atoms with van der Waals surface area (Å²) >= 11 is 0. The Morgan fingerprint density at radius 3 is 2.25 bits per heavy atom. The van der Waals surface area contributed by atoms with Crippen LogP contribution in [0.5, 0.6) is 5.75 Å². The number of methoxy groups -OCH3 is 1. The van der Waals surface area contributed by atoms with Crippen molar-refractivity contribution in [2.24, 2.45) is 0 Å². The van der Waals surface area contributed by atoms with Gasteiger partial charge in [-0.3, -0.25) is 4.79 Å². The lowest BCUT2D eigenvalue weighted by molar-refractivity contribution is 0.0940. The minimum atomic E-state index is -3.30. The second-order valence-corrected chi connectivity index (χ2v) is 10.8. The molecule has 1 saturated heterocycles. The molecule has 1 amide bonds. The fourth-order valence-corrected chi connectivity index (χ4v) is 5.80. The molecule has 1 aliphatic rings. The van der Waals surface area contributed by atoms with Crippen LogP contribution < -0.4 is 10.1 Å². The Kier molecular flexibility index (Phi) is 7.62. The predicted molar refractivity (Wildman–Crippen MR) is 128 cm³/mol. The van der Waals surface area contributed by atoms with E-state index >= 15 is 0 Å². The van der Waals surface area contributed by atoms with Crippen LogP contribution in [0.15, 0.2) is 36.4 Å². The highest BCUT2D eigenvalue weighted by Crippen LogP contribution is 2.32. The van der Waals surface area contributed by atoms with E-state index in [1.807, 2.05) is 19.9 Å². The summed E-state index contributed by atoms with van der Waals surface area (Å²) in [5, 5.41) is 3.06. The summed E-state index contributed by atoms with van der Waals surface area (Å²) in [6.07, 6.45) is 1.84. The maximum atomic E-state index is 12.8. The number of amides is 1. The largest absolute Gasteiger partial charge is 0.496 e. The molecule has 1 fully saturated rings. The molecule has 0 aromatic heterocycles. The maximum Gasteiger partial charge on any atom is 0.251 e. The lowest BCUT2D eigenvalue weighted by Crippen LogP contribution is -2.29. The summed E-state index contributed by atoms with van der Waals surface area (Å²) in [6, 6.07) is 10.8. The fraction of sp³-hybridized carbons (Fsp3) is 0.480. The van der Waals surface area contributed by atoms with E-state index in [0.29, 0.717) is 30.1 Å². The van der Waals surface area contributed by atoms with Crippen LogP contribution >= 0.6 is 0 Å². The minimum Gasteiger partial charge on any atom is -0.496 e. The molecule has 0 saturated carbocycles. The van der Waals surface area contributed by atoms with E-state index in [0.717, 1.165) is 35.3 Å². The number of ether oxygens (including phenoxy) is 1. The van der Waals surface area contributed by atoms with Gasteiger partial charge in [-0.2, -0.15) is 0 Å². The van der Waals surface area contributed by atoms with Gasteiger partial charge < -0.3 is 10.1 Å². The van der Waals surface area contributed by atoms with Crippen molar-refractivity contribution in [1.29, 1.82) is 0 Å². The standard InChI is InChI=1S/C25H34N2O4S/c1-17(2)22-15-23(18(3)14-24(22)31-5)19(4)26-25(28)21-10-8-20(9-11-21)16-32(29,30)27-12-6-7-13-27/h8-11,14-15,17,19H,6-7,12-13,16H2,1-5H3,(H,26,28)/t19-/m1/s1. The Labute approximate surface area is 192 Å². The van der Waals surface area contributed by atoms with Crippen LogP contribution in [0.4, 0.5) is 0 Å². The van der Waals surface area contributed by atoms with Crippen molar-refractivity contribution < 1.29 is 17.9 Å². The molecule has 1 heterocycles. The quantitative estimate of drug-likeness (QED) is 0.630. The highest BCUT2D eigenvalue weighted by atomic mass is 32.2. The van der Waals surface area contributed by atoms with Crippen LogP contribution in [0, 0.1) is 6.92 Å². The molecule has 6 nitrogen and oxygen atoms in total. The predicted octanol–water partition coefficient (Wildman–Crippen LogP) is 4.54. The Balaban J connectivity index is 1.70. The van der Waals surface area contributed by atoms with Gasteiger partial charge in [0.2, 0.25) is 10.0 Å². The molecular weight excluding hydrogens is 424 g/mol. The van der Waals surface area contributed by atoms with Crippen LogP contribution in [0.2, 0.25) is 0 Å². The molecule has 0 bridgehead atoms. The smallest absolute Gasteiger partial charge is 0.251 e. The molecule has 0 unspecified atom stereocenters. The van der Waals surface area contributed by atoms with Crippen molar-refractivity contribution in [2.75, 3.05) is 20.2 Å². The Bertz CT molecular complexity index is 1060. The second-order valence-electron chi connectivity index (χ2n) is 8.86. The number of nitrogens with zero attached hydrogens (tertiary/aromatic N) is 1. The first-order valence-electron chi connectivity index (χ1n) is 11.2. The topological polar surface area (TPSA) is 75.7 Å². The fourth-order valence-electron chi connectivity index (χ4n) is 4.19. The van der Waals surface area contributed by atoms with E-state index in [2.05, 4.69) is 25.2 Å². The SMILES string of the molecule is COc1cc(C)c([C@@H](C)NC(=O)c2ccc(CS(=O)(=O)N3CCCC3)cc2)cc1C(C)C. The molecule has 7 heteroatoms. The number of hydrogen-bond donors (Lipinski definition) is 1. The van der Waals surface area contributed by atoms with Crippen LogP contribution in [-0.2, 0) is 15.8 Å². The monoisotopic (exact) mass is 458 g/mol. The van der Waals surface area contributed by atoms with Crippen molar-refractivity contribution >= 4 is 15.9 Å². The van der Waals surface area contributed by atoms with E-state index < -0.39 is 10.0 Å². The average Bonchev–Trinajstić information content (AvgIpc) is 3.29. The maximum absolute atomic E-state index is 12.8. The van der Waals surface area contributed by atoms with E-state index in [1.54, 1.807) is 35.7 Å². The van der Waals surface area contributed by atoms with Gasteiger partial charge >= 0.3 is 0 Å². The lowest BCUT2D eigenvalue weighted by Gasteiger charge is -2.21. The van der Waals surface area contributed by atoms with Crippen molar-refractivity contribution in [3.63, 3.8) is 0 Å². The molecular formula is C25H34N2O4S. The van der Waals surface area contributed by atoms with Gasteiger partial charge in [0, 0.05) is 18.7 Å². The Morgan fingerprint density at radius 1 is 1.06 bits per heavy atom. The highest BCUT2D eigenvalue weighted by molar-refractivity contribution is 7.88. The first-order valence-corrected chi connectivity index (χ1v) is 12.8. The number of carbonyl (C=O) groups excluding carboxylic acids is 1. The van der Waals surface area contributed by atoms with E-state index in [1.165, 1.54) is 0 Å². The third-order valence-electron chi connectivity index (χ3n) is 6.08. The zero-order chi connectivity index (χ0) is 23.5. The number of nitrogens with one attached hydrogen (secondary N) is 1. The number of rotatable bonds is 8. The average molecular weight is 459 g/mol. The van der Waals surface area contributed by atoms with E-state index in [-0.39, 0.29) is 17.7 Å². The Morgan fingerprint density at radius 2 is 1.69 bits per heavy atom. The van der Waals surface area contributed by atoms with Crippen LogP contribution in [0.25, 0.3) is 0 Å². The van der Waals surface area contributed by atoms with Crippen LogP contribution in [0.3, 0.4) is 0 Å².